The molecule has 0 aliphatic heterocycles. The smallest absolute Gasteiger partial charge is 0.340 e. The Morgan fingerprint density at radius 2 is 2.41 bits per heavy atom. The van der Waals surface area contributed by atoms with Gasteiger partial charge in [0.05, 0.1) is 11.3 Å². The molecule has 0 N–H and O–H groups in total. The summed E-state index contributed by atoms with van der Waals surface area (Å²) >= 11 is 0. The van der Waals surface area contributed by atoms with Crippen LogP contribution < -0.4 is 0 Å². The van der Waals surface area contributed by atoms with Crippen molar-refractivity contribution >= 4 is 17.0 Å². The highest BCUT2D eigenvalue weighted by atomic mass is 16.5. The number of fused-ring (bicyclic) bond motifs is 1. The van der Waals surface area contributed by atoms with Crippen LogP contribution in [0.2, 0.25) is 0 Å². The molecule has 2 aromatic heterocycles. The lowest BCUT2D eigenvalue weighted by atomic mass is 10.2. The molecule has 0 bridgehead atoms. The van der Waals surface area contributed by atoms with Gasteiger partial charge in [0.25, 0.3) is 0 Å². The molecule has 2 aromatic rings. The number of carbonyl (C=O) groups excluding carboxylic acids is 1. The number of hydrogen-bond donors (Lipinski definition) is 0. The maximum absolute atomic E-state index is 11.5. The number of esters is 1. The second kappa shape index (κ2) is 4.22. The van der Waals surface area contributed by atoms with E-state index >= 15 is 0 Å². The number of carbonyl (C=O) groups is 1. The molecule has 0 fully saturated rings. The Labute approximate surface area is 97.4 Å². The summed E-state index contributed by atoms with van der Waals surface area (Å²) in [5, 5.41) is 13.3. The summed E-state index contributed by atoms with van der Waals surface area (Å²) in [6.45, 7) is 1.58. The molecule has 0 aliphatic carbocycles. The van der Waals surface area contributed by atoms with Crippen LogP contribution in [0.5, 0.6) is 0 Å². The van der Waals surface area contributed by atoms with Gasteiger partial charge in [-0.3, -0.25) is 4.68 Å². The number of nitrogens with zero attached hydrogens (tertiary/aromatic N) is 4. The van der Waals surface area contributed by atoms with E-state index in [-0.39, 0.29) is 6.61 Å². The molecule has 6 nitrogen and oxygen atoms in total. The number of hydrogen-bond acceptors (Lipinski definition) is 5. The summed E-state index contributed by atoms with van der Waals surface area (Å²) in [7, 11) is 1.79. The van der Waals surface area contributed by atoms with Crippen molar-refractivity contribution < 1.29 is 9.53 Å². The second-order valence-electron chi connectivity index (χ2n) is 3.54. The summed E-state index contributed by atoms with van der Waals surface area (Å²) in [6.07, 6.45) is 1.42. The van der Waals surface area contributed by atoms with Crippen LogP contribution in [0.15, 0.2) is 12.3 Å². The highest BCUT2D eigenvalue weighted by Crippen LogP contribution is 2.16. The van der Waals surface area contributed by atoms with Crippen LogP contribution >= 0.6 is 0 Å². The third-order valence-corrected chi connectivity index (χ3v) is 2.37. The quantitative estimate of drug-likeness (QED) is 0.717. The lowest BCUT2D eigenvalue weighted by molar-refractivity contribution is 0.0555. The average Bonchev–Trinajstić information content (AvgIpc) is 2.61. The molecule has 0 saturated carbocycles. The minimum absolute atomic E-state index is 0.261. The summed E-state index contributed by atoms with van der Waals surface area (Å²) in [4.78, 5) is 15.7. The molecule has 6 heteroatoms. The highest BCUT2D eigenvalue weighted by molar-refractivity contribution is 5.93. The molecule has 0 aromatic carbocycles. The molecule has 0 amide bonds. The van der Waals surface area contributed by atoms with Gasteiger partial charge in [-0.15, -0.1) is 0 Å². The highest BCUT2D eigenvalue weighted by Gasteiger charge is 2.12. The number of nitriles is 1. The van der Waals surface area contributed by atoms with Gasteiger partial charge in [-0.05, 0) is 13.0 Å². The van der Waals surface area contributed by atoms with Crippen LogP contribution in [0.1, 0.15) is 16.1 Å². The van der Waals surface area contributed by atoms with E-state index in [1.54, 1.807) is 23.9 Å². The van der Waals surface area contributed by atoms with Crippen molar-refractivity contribution in [3.8, 4) is 6.07 Å². The largest absolute Gasteiger partial charge is 0.447 e. The molecule has 0 spiro atoms. The van der Waals surface area contributed by atoms with Gasteiger partial charge >= 0.3 is 5.97 Å². The van der Waals surface area contributed by atoms with Crippen LogP contribution in [-0.2, 0) is 11.8 Å². The molecule has 0 saturated heterocycles. The first-order chi connectivity index (χ1) is 8.13. The van der Waals surface area contributed by atoms with Gasteiger partial charge in [0, 0.05) is 18.6 Å². The normalized spacial score (nSPS) is 10.2. The van der Waals surface area contributed by atoms with Crippen LogP contribution in [-0.4, -0.2) is 27.3 Å². The van der Waals surface area contributed by atoms with Crippen LogP contribution in [0.25, 0.3) is 11.0 Å². The number of aromatic nitrogens is 3. The van der Waals surface area contributed by atoms with E-state index in [9.17, 15) is 4.79 Å². The Kier molecular flexibility index (Phi) is 2.75. The van der Waals surface area contributed by atoms with Crippen LogP contribution in [0.4, 0.5) is 0 Å². The summed E-state index contributed by atoms with van der Waals surface area (Å²) in [6, 6.07) is 3.41. The fourth-order valence-electron chi connectivity index (χ4n) is 1.60. The predicted octanol–water partition coefficient (Wildman–Crippen LogP) is 0.957. The van der Waals surface area contributed by atoms with Crippen LogP contribution in [0.3, 0.4) is 0 Å². The minimum atomic E-state index is -0.552. The van der Waals surface area contributed by atoms with Crippen molar-refractivity contribution in [3.63, 3.8) is 0 Å². The predicted molar refractivity (Wildman–Crippen MR) is 59.1 cm³/mol. The van der Waals surface area contributed by atoms with Crippen molar-refractivity contribution in [2.24, 2.45) is 7.05 Å². The molecular weight excluding hydrogens is 220 g/mol. The first-order valence-electron chi connectivity index (χ1n) is 4.97. The van der Waals surface area contributed by atoms with Gasteiger partial charge in [0.15, 0.2) is 12.3 Å². The van der Waals surface area contributed by atoms with Crippen LogP contribution in [0, 0.1) is 18.3 Å². The molecule has 0 unspecified atom stereocenters. The van der Waals surface area contributed by atoms with Crippen molar-refractivity contribution in [2.45, 2.75) is 6.92 Å². The lowest BCUT2D eigenvalue weighted by Crippen LogP contribution is -2.06. The van der Waals surface area contributed by atoms with Crippen molar-refractivity contribution in [1.29, 1.82) is 5.26 Å². The van der Waals surface area contributed by atoms with E-state index in [0.29, 0.717) is 11.2 Å². The maximum atomic E-state index is 11.5. The van der Waals surface area contributed by atoms with Gasteiger partial charge in [0.2, 0.25) is 0 Å². The average molecular weight is 230 g/mol. The maximum Gasteiger partial charge on any atom is 0.340 e. The zero-order chi connectivity index (χ0) is 12.4. The van der Waals surface area contributed by atoms with E-state index in [1.807, 2.05) is 6.92 Å². The van der Waals surface area contributed by atoms with Gasteiger partial charge in [-0.1, -0.05) is 0 Å². The molecule has 0 radical (unpaired) electrons. The minimum Gasteiger partial charge on any atom is -0.447 e. The SMILES string of the molecule is Cc1nn(C)c2ncc(C(=O)OCC#N)cc12. The Bertz CT molecular complexity index is 624. The van der Waals surface area contributed by atoms with Crippen molar-refractivity contribution in [1.82, 2.24) is 14.8 Å². The summed E-state index contributed by atoms with van der Waals surface area (Å²) in [5.41, 5.74) is 1.83. The molecule has 17 heavy (non-hydrogen) atoms. The van der Waals surface area contributed by atoms with E-state index < -0.39 is 5.97 Å². The summed E-state index contributed by atoms with van der Waals surface area (Å²) < 4.78 is 6.35. The first-order valence-corrected chi connectivity index (χ1v) is 4.97. The molecule has 0 aliphatic rings. The lowest BCUT2D eigenvalue weighted by Gasteiger charge is -2.00. The van der Waals surface area contributed by atoms with Crippen molar-refractivity contribution in [2.75, 3.05) is 6.61 Å². The second-order valence-corrected chi connectivity index (χ2v) is 3.54. The Balaban J connectivity index is 2.41. The molecule has 2 rings (SSSR count). The molecule has 0 atom stereocenters. The zero-order valence-corrected chi connectivity index (χ0v) is 9.47. The topological polar surface area (TPSA) is 80.8 Å². The standard InChI is InChI=1S/C11H10N4O2/c1-7-9-5-8(11(16)17-4-3-12)6-13-10(9)15(2)14-7/h5-6H,4H2,1-2H3. The Morgan fingerprint density at radius 1 is 1.65 bits per heavy atom. The van der Waals surface area contributed by atoms with Gasteiger partial charge in [-0.25, -0.2) is 9.78 Å². The number of rotatable bonds is 2. The molecular formula is C11H10N4O2. The number of ether oxygens (including phenoxy) is 1. The van der Waals surface area contributed by atoms with Crippen molar-refractivity contribution in [3.05, 3.63) is 23.5 Å². The third-order valence-electron chi connectivity index (χ3n) is 2.37. The van der Waals surface area contributed by atoms with E-state index in [0.717, 1.165) is 11.1 Å². The fourth-order valence-corrected chi connectivity index (χ4v) is 1.60. The third kappa shape index (κ3) is 1.95. The Morgan fingerprint density at radius 3 is 3.12 bits per heavy atom. The summed E-state index contributed by atoms with van der Waals surface area (Å²) in [5.74, 6) is -0.552. The van der Waals surface area contributed by atoms with E-state index in [4.69, 9.17) is 10.00 Å². The first kappa shape index (κ1) is 11.1. The monoisotopic (exact) mass is 230 g/mol. The molecule has 2 heterocycles. The van der Waals surface area contributed by atoms with Gasteiger partial charge in [-0.2, -0.15) is 10.4 Å². The van der Waals surface area contributed by atoms with E-state index in [2.05, 4.69) is 10.1 Å². The van der Waals surface area contributed by atoms with Gasteiger partial charge < -0.3 is 4.74 Å². The Hall–Kier alpha value is -2.42. The van der Waals surface area contributed by atoms with Gasteiger partial charge in [0.1, 0.15) is 6.07 Å². The van der Waals surface area contributed by atoms with E-state index in [1.165, 1.54) is 6.20 Å². The molecule has 86 valence electrons. The fraction of sp³-hybridized carbons (Fsp3) is 0.273. The number of pyridine rings is 1. The zero-order valence-electron chi connectivity index (χ0n) is 9.47. The number of aryl methyl sites for hydroxylation is 2.